The third kappa shape index (κ3) is 7.79. The van der Waals surface area contributed by atoms with Gasteiger partial charge in [0.05, 0.1) is 27.4 Å². The van der Waals surface area contributed by atoms with Crippen LogP contribution in [0.1, 0.15) is 67.3 Å². The molecular formula is C46H46ClF2N7O6S. The van der Waals surface area contributed by atoms with Crippen molar-refractivity contribution < 1.29 is 36.3 Å². The van der Waals surface area contributed by atoms with Crippen molar-refractivity contribution in [1.29, 1.82) is 0 Å². The number of β-amino-alcohol motifs (C(OH)–C–C–N with tert-alkyl or cyclic N) is 1. The number of anilines is 2. The van der Waals surface area contributed by atoms with Gasteiger partial charge in [0.1, 0.15) is 11.0 Å². The third-order valence-electron chi connectivity index (χ3n) is 13.3. The van der Waals surface area contributed by atoms with Crippen LogP contribution in [0.15, 0.2) is 71.4 Å². The lowest BCUT2D eigenvalue weighted by Gasteiger charge is -2.25. The average molecular weight is 898 g/mol. The van der Waals surface area contributed by atoms with Gasteiger partial charge in [-0.3, -0.25) is 24.3 Å². The van der Waals surface area contributed by atoms with Gasteiger partial charge in [-0.05, 0) is 112 Å². The lowest BCUT2D eigenvalue weighted by atomic mass is 9.97. The number of hydrogen-bond acceptors (Lipinski definition) is 12. The summed E-state index contributed by atoms with van der Waals surface area (Å²) in [6.07, 6.45) is 6.63. The molecule has 1 saturated carbocycles. The number of amides is 1. The first-order valence-corrected chi connectivity index (χ1v) is 23.1. The van der Waals surface area contributed by atoms with Crippen LogP contribution in [0.2, 0.25) is 5.02 Å². The summed E-state index contributed by atoms with van der Waals surface area (Å²) in [5.41, 5.74) is 7.25. The molecule has 3 fully saturated rings. The Labute approximate surface area is 367 Å². The molecule has 17 heteroatoms. The first kappa shape index (κ1) is 41.7. The fourth-order valence-electron chi connectivity index (χ4n) is 9.46. The number of likely N-dealkylation sites (tertiary alicyclic amines) is 2. The number of halogens is 3. The van der Waals surface area contributed by atoms with Crippen molar-refractivity contribution in [3.05, 3.63) is 94.3 Å². The Balaban J connectivity index is 0.920. The Morgan fingerprint density at radius 3 is 2.62 bits per heavy atom. The predicted octanol–water partition coefficient (Wildman–Crippen LogP) is 8.29. The number of alkyl halides is 2. The van der Waals surface area contributed by atoms with E-state index in [-0.39, 0.29) is 29.4 Å². The average Bonchev–Trinajstić information content (AvgIpc) is 3.71. The summed E-state index contributed by atoms with van der Waals surface area (Å²) in [7, 11) is -3.77. The number of ether oxygens (including phenoxy) is 1. The van der Waals surface area contributed by atoms with Crippen molar-refractivity contribution in [2.75, 3.05) is 31.5 Å². The zero-order valence-electron chi connectivity index (χ0n) is 34.7. The number of nitrogens with one attached hydrogen (secondary N) is 2. The second kappa shape index (κ2) is 16.1. The zero-order valence-corrected chi connectivity index (χ0v) is 36.3. The molecule has 0 unspecified atom stereocenters. The molecule has 1 amide bonds. The highest BCUT2D eigenvalue weighted by atomic mass is 35.5. The fourth-order valence-corrected chi connectivity index (χ4v) is 11.1. The van der Waals surface area contributed by atoms with Crippen LogP contribution in [0.25, 0.3) is 44.6 Å². The number of carbonyl (C=O) groups is 1. The summed E-state index contributed by atoms with van der Waals surface area (Å²) >= 11 is 7.21. The molecule has 328 valence electrons. The van der Waals surface area contributed by atoms with Crippen molar-refractivity contribution in [3.63, 3.8) is 0 Å². The van der Waals surface area contributed by atoms with Crippen molar-refractivity contribution in [2.24, 2.45) is 5.92 Å². The second-order valence-electron chi connectivity index (χ2n) is 17.5. The van der Waals surface area contributed by atoms with E-state index in [1.807, 2.05) is 55.6 Å². The smallest absolute Gasteiger partial charge is 0.387 e. The number of pyridine rings is 2. The number of aliphatic hydroxyl groups excluding tert-OH is 1. The monoisotopic (exact) mass is 897 g/mol. The van der Waals surface area contributed by atoms with Gasteiger partial charge < -0.3 is 19.6 Å². The maximum Gasteiger partial charge on any atom is 0.387 e. The van der Waals surface area contributed by atoms with Gasteiger partial charge in [-0.2, -0.15) is 8.78 Å². The minimum atomic E-state index is -3.77. The highest BCUT2D eigenvalue weighted by Gasteiger charge is 2.51. The van der Waals surface area contributed by atoms with E-state index >= 15 is 0 Å². The van der Waals surface area contributed by atoms with Gasteiger partial charge >= 0.3 is 6.61 Å². The van der Waals surface area contributed by atoms with Crippen LogP contribution in [-0.2, 0) is 27.8 Å². The summed E-state index contributed by atoms with van der Waals surface area (Å²) in [5, 5.41) is 14.7. The number of hydrogen-bond donors (Lipinski definition) is 3. The Morgan fingerprint density at radius 1 is 1.05 bits per heavy atom. The van der Waals surface area contributed by atoms with E-state index in [4.69, 9.17) is 30.7 Å². The van der Waals surface area contributed by atoms with Crippen molar-refractivity contribution in [1.82, 2.24) is 29.5 Å². The maximum atomic E-state index is 14.1. The maximum absolute atomic E-state index is 14.1. The molecule has 5 heterocycles. The molecule has 2 aliphatic heterocycles. The fraction of sp³-hybridized carbons (Fsp3) is 0.391. The van der Waals surface area contributed by atoms with E-state index in [0.717, 1.165) is 51.8 Å². The Kier molecular flexibility index (Phi) is 10.6. The molecule has 13 nitrogen and oxygen atoms in total. The molecule has 3 aromatic carbocycles. The summed E-state index contributed by atoms with van der Waals surface area (Å²) < 4.78 is 66.5. The quantitative estimate of drug-likeness (QED) is 0.108. The molecule has 3 atom stereocenters. The van der Waals surface area contributed by atoms with Crippen LogP contribution in [0.3, 0.4) is 0 Å². The molecule has 2 aliphatic carbocycles. The van der Waals surface area contributed by atoms with Gasteiger partial charge in [0.25, 0.3) is 0 Å². The van der Waals surface area contributed by atoms with Crippen LogP contribution >= 0.6 is 11.6 Å². The first-order valence-electron chi connectivity index (χ1n) is 21.3. The minimum absolute atomic E-state index is 0.0721. The van der Waals surface area contributed by atoms with Gasteiger partial charge in [0, 0.05) is 66.8 Å². The molecule has 4 aliphatic rings. The summed E-state index contributed by atoms with van der Waals surface area (Å²) in [4.78, 5) is 31.6. The minimum Gasteiger partial charge on any atom is -0.432 e. The van der Waals surface area contributed by atoms with Crippen LogP contribution in [0.4, 0.5) is 20.3 Å². The largest absolute Gasteiger partial charge is 0.432 e. The van der Waals surface area contributed by atoms with Gasteiger partial charge in [-0.15, -0.1) is 0 Å². The Hall–Kier alpha value is -5.26. The summed E-state index contributed by atoms with van der Waals surface area (Å²) in [5.74, 6) is -0.372. The van der Waals surface area contributed by atoms with E-state index in [0.29, 0.717) is 91.3 Å². The zero-order chi connectivity index (χ0) is 43.8. The number of oxazole rings is 1. The van der Waals surface area contributed by atoms with E-state index in [1.165, 1.54) is 0 Å². The molecular weight excluding hydrogens is 852 g/mol. The second-order valence-corrected chi connectivity index (χ2v) is 20.1. The highest BCUT2D eigenvalue weighted by molar-refractivity contribution is 7.91. The Morgan fingerprint density at radius 2 is 1.84 bits per heavy atom. The Bertz CT molecular complexity index is 2910. The normalized spacial score (nSPS) is 21.1. The number of sulfonamides is 1. The van der Waals surface area contributed by atoms with E-state index in [1.54, 1.807) is 19.2 Å². The lowest BCUT2D eigenvalue weighted by Crippen LogP contribution is -2.42. The van der Waals surface area contributed by atoms with Crippen LogP contribution in [0, 0.1) is 12.8 Å². The highest BCUT2D eigenvalue weighted by Crippen LogP contribution is 2.48. The standard InChI is InChI=1S/C46H46ClF2N7O6S/c1-25-30(5-4-8-35(25)52-42-39-27(11-16-50-42)19-26(21-51-39)22-55-17-13-29(57)24-55)31-6-3-7-33(38(31)47)44-53-36-20-34-32(40(41(36)61-44)62-45(48)49)9-10-37(34)56-18-12-28(23-56)43(58)54-63(59,60)46(2)14-15-46/h3-8,11,16,19-21,28-29,37,45,57H,9-10,12-15,17-18,22-24H2,1-2H3,(H,50,52)(H,54,58)/t28-,29-,37-/m1/s1. The predicted molar refractivity (Wildman–Crippen MR) is 235 cm³/mol. The lowest BCUT2D eigenvalue weighted by molar-refractivity contribution is -0.122. The van der Waals surface area contributed by atoms with Crippen molar-refractivity contribution >= 4 is 61.0 Å². The molecule has 6 aromatic rings. The molecule has 3 aromatic heterocycles. The van der Waals surface area contributed by atoms with Crippen molar-refractivity contribution in [3.8, 4) is 28.3 Å². The summed E-state index contributed by atoms with van der Waals surface area (Å²) in [6.45, 7) is 3.58. The number of carbonyl (C=O) groups excluding carboxylic acids is 1. The van der Waals surface area contributed by atoms with Gasteiger partial charge in [0.15, 0.2) is 17.2 Å². The van der Waals surface area contributed by atoms with E-state index < -0.39 is 33.2 Å². The first-order chi connectivity index (χ1) is 30.2. The van der Waals surface area contributed by atoms with Crippen LogP contribution in [0.5, 0.6) is 5.75 Å². The molecule has 2 saturated heterocycles. The van der Waals surface area contributed by atoms with Gasteiger partial charge in [0.2, 0.25) is 21.8 Å². The SMILES string of the molecule is Cc1c(Nc2nccc3cc(CN4CC[C@@H](O)C4)cnc23)cccc1-c1cccc(-c2nc3cc4c(c(OC(F)F)c3o2)CC[C@H]4N2CC[C@@H](C(=O)NS(=O)(=O)C3(C)CC3)C2)c1Cl. The molecule has 0 spiro atoms. The molecule has 0 bridgehead atoms. The third-order valence-corrected chi connectivity index (χ3v) is 15.9. The number of rotatable bonds is 12. The van der Waals surface area contributed by atoms with Gasteiger partial charge in [-0.25, -0.2) is 18.4 Å². The van der Waals surface area contributed by atoms with Gasteiger partial charge in [-0.1, -0.05) is 35.9 Å². The van der Waals surface area contributed by atoms with Crippen molar-refractivity contribution in [2.45, 2.75) is 82.4 Å². The van der Waals surface area contributed by atoms with Crippen LogP contribution < -0.4 is 14.8 Å². The molecule has 3 N–H and O–H groups in total. The number of aliphatic hydroxyl groups is 1. The molecule has 10 rings (SSSR count). The number of aromatic nitrogens is 3. The topological polar surface area (TPSA) is 163 Å². The summed E-state index contributed by atoms with van der Waals surface area (Å²) in [6, 6.07) is 17.0. The van der Waals surface area contributed by atoms with E-state index in [2.05, 4.69) is 30.9 Å². The number of fused-ring (bicyclic) bond motifs is 3. The van der Waals surface area contributed by atoms with Crippen LogP contribution in [-0.4, -0.2) is 87.8 Å². The molecule has 63 heavy (non-hydrogen) atoms. The number of nitrogens with zero attached hydrogens (tertiary/aromatic N) is 5. The number of benzene rings is 3. The van der Waals surface area contributed by atoms with E-state index in [9.17, 15) is 27.1 Å². The molecule has 0 radical (unpaired) electrons.